The molecule has 2 heterocycles. The molecule has 1 unspecified atom stereocenters. The van der Waals surface area contributed by atoms with Crippen molar-refractivity contribution >= 4 is 5.97 Å². The van der Waals surface area contributed by atoms with Gasteiger partial charge in [0.15, 0.2) is 5.76 Å². The Balaban J connectivity index is 1.98. The van der Waals surface area contributed by atoms with Crippen LogP contribution in [0.5, 0.6) is 11.5 Å². The molecular formula is C22H27NO6. The molecule has 1 aliphatic heterocycles. The lowest BCUT2D eigenvalue weighted by Gasteiger charge is -2.26. The van der Waals surface area contributed by atoms with Crippen LogP contribution in [-0.2, 0) is 16.1 Å². The van der Waals surface area contributed by atoms with Crippen molar-refractivity contribution in [2.45, 2.75) is 38.1 Å². The van der Waals surface area contributed by atoms with Crippen molar-refractivity contribution in [3.05, 3.63) is 57.6 Å². The number of methoxy groups -OCH3 is 2. The van der Waals surface area contributed by atoms with Crippen molar-refractivity contribution in [1.82, 2.24) is 4.90 Å². The number of hydrogen-bond donors (Lipinski definition) is 1. The van der Waals surface area contributed by atoms with Crippen LogP contribution in [-0.4, -0.2) is 43.3 Å². The quantitative estimate of drug-likeness (QED) is 0.713. The molecule has 7 heteroatoms. The van der Waals surface area contributed by atoms with Gasteiger partial charge in [-0.05, 0) is 43.6 Å². The normalized spacial score (nSPS) is 15.7. The first-order valence-corrected chi connectivity index (χ1v) is 9.80. The smallest absolute Gasteiger partial charge is 0.306 e. The molecule has 2 aromatic rings. The third-order valence-electron chi connectivity index (χ3n) is 5.26. The molecule has 1 aliphatic rings. The number of hydrogen-bond acceptors (Lipinski definition) is 7. The van der Waals surface area contributed by atoms with Crippen LogP contribution in [0.2, 0.25) is 0 Å². The second kappa shape index (κ2) is 9.60. The van der Waals surface area contributed by atoms with Gasteiger partial charge in [-0.15, -0.1) is 0 Å². The third kappa shape index (κ3) is 5.17. The molecule has 0 radical (unpaired) electrons. The second-order valence-electron chi connectivity index (χ2n) is 7.23. The average Bonchev–Trinajstić information content (AvgIpc) is 2.75. The molecule has 3 rings (SSSR count). The minimum absolute atomic E-state index is 0.0630. The highest BCUT2D eigenvalue weighted by atomic mass is 16.5. The zero-order valence-corrected chi connectivity index (χ0v) is 16.8. The van der Waals surface area contributed by atoms with E-state index in [0.717, 1.165) is 25.9 Å². The fraction of sp³-hybridized carbons (Fsp3) is 0.455. The van der Waals surface area contributed by atoms with Gasteiger partial charge in [0, 0.05) is 6.07 Å². The Morgan fingerprint density at radius 1 is 1.17 bits per heavy atom. The first-order chi connectivity index (χ1) is 14.0. The molecule has 1 N–H and O–H groups in total. The lowest BCUT2D eigenvalue weighted by atomic mass is 9.92. The van der Waals surface area contributed by atoms with Crippen LogP contribution in [0.4, 0.5) is 0 Å². The SMILES string of the molecule is COC(=O)CC(c1ccc(OC)cc1)c1oc(CN2CCCCC2)cc(=O)c1O. The van der Waals surface area contributed by atoms with Gasteiger partial charge in [-0.3, -0.25) is 14.5 Å². The summed E-state index contributed by atoms with van der Waals surface area (Å²) in [6, 6.07) is 8.40. The molecule has 1 fully saturated rings. The zero-order chi connectivity index (χ0) is 20.8. The lowest BCUT2D eigenvalue weighted by molar-refractivity contribution is -0.140. The molecule has 0 aliphatic carbocycles. The number of ether oxygens (including phenoxy) is 2. The maximum atomic E-state index is 12.4. The monoisotopic (exact) mass is 401 g/mol. The van der Waals surface area contributed by atoms with E-state index in [1.54, 1.807) is 31.4 Å². The Hall–Kier alpha value is -2.80. The van der Waals surface area contributed by atoms with Gasteiger partial charge in [-0.2, -0.15) is 0 Å². The van der Waals surface area contributed by atoms with Crippen molar-refractivity contribution in [3.63, 3.8) is 0 Å². The van der Waals surface area contributed by atoms with E-state index in [9.17, 15) is 14.7 Å². The summed E-state index contributed by atoms with van der Waals surface area (Å²) in [7, 11) is 2.87. The molecule has 1 atom stereocenters. The highest BCUT2D eigenvalue weighted by Gasteiger charge is 2.27. The van der Waals surface area contributed by atoms with E-state index >= 15 is 0 Å². The van der Waals surface area contributed by atoms with Gasteiger partial charge in [0.2, 0.25) is 11.2 Å². The summed E-state index contributed by atoms with van der Waals surface area (Å²) in [5, 5.41) is 10.4. The van der Waals surface area contributed by atoms with Crippen molar-refractivity contribution in [2.24, 2.45) is 0 Å². The fourth-order valence-corrected chi connectivity index (χ4v) is 3.66. The topological polar surface area (TPSA) is 89.2 Å². The number of benzene rings is 1. The molecule has 0 saturated carbocycles. The van der Waals surface area contributed by atoms with E-state index in [2.05, 4.69) is 4.90 Å². The zero-order valence-electron chi connectivity index (χ0n) is 16.8. The van der Waals surface area contributed by atoms with Gasteiger partial charge in [-0.25, -0.2) is 0 Å². The van der Waals surface area contributed by atoms with Gasteiger partial charge in [0.1, 0.15) is 11.5 Å². The molecule has 0 amide bonds. The Bertz CT molecular complexity index is 883. The van der Waals surface area contributed by atoms with E-state index in [1.165, 1.54) is 19.6 Å². The number of carbonyl (C=O) groups excluding carboxylic acids is 1. The highest BCUT2D eigenvalue weighted by Crippen LogP contribution is 2.34. The number of piperidine rings is 1. The van der Waals surface area contributed by atoms with E-state index < -0.39 is 23.1 Å². The summed E-state index contributed by atoms with van der Waals surface area (Å²) in [6.45, 7) is 2.39. The van der Waals surface area contributed by atoms with Gasteiger partial charge in [0.05, 0.1) is 33.1 Å². The van der Waals surface area contributed by atoms with Crippen molar-refractivity contribution in [1.29, 1.82) is 0 Å². The summed E-state index contributed by atoms with van der Waals surface area (Å²) in [5.74, 6) is -0.364. The molecule has 7 nitrogen and oxygen atoms in total. The number of aromatic hydroxyl groups is 1. The molecule has 1 aromatic carbocycles. The predicted octanol–water partition coefficient (Wildman–Crippen LogP) is 3.03. The Morgan fingerprint density at radius 2 is 1.86 bits per heavy atom. The summed E-state index contributed by atoms with van der Waals surface area (Å²) in [4.78, 5) is 26.7. The van der Waals surface area contributed by atoms with Crippen LogP contribution in [0.15, 0.2) is 39.5 Å². The van der Waals surface area contributed by atoms with Gasteiger partial charge in [-0.1, -0.05) is 18.6 Å². The fourth-order valence-electron chi connectivity index (χ4n) is 3.66. The van der Waals surface area contributed by atoms with Crippen LogP contribution >= 0.6 is 0 Å². The first kappa shape index (κ1) is 20.9. The van der Waals surface area contributed by atoms with Crippen LogP contribution < -0.4 is 10.2 Å². The number of esters is 1. The predicted molar refractivity (Wildman–Crippen MR) is 107 cm³/mol. The van der Waals surface area contributed by atoms with Crippen molar-refractivity contribution < 1.29 is 23.8 Å². The number of nitrogens with zero attached hydrogens (tertiary/aromatic N) is 1. The maximum Gasteiger partial charge on any atom is 0.306 e. The Morgan fingerprint density at radius 3 is 2.48 bits per heavy atom. The molecule has 29 heavy (non-hydrogen) atoms. The van der Waals surface area contributed by atoms with Crippen LogP contribution in [0.25, 0.3) is 0 Å². The number of likely N-dealkylation sites (tertiary alicyclic amines) is 1. The van der Waals surface area contributed by atoms with E-state index in [1.807, 2.05) is 0 Å². The van der Waals surface area contributed by atoms with Crippen LogP contribution in [0.1, 0.15) is 48.7 Å². The molecular weight excluding hydrogens is 374 g/mol. The Labute approximate surface area is 169 Å². The van der Waals surface area contributed by atoms with E-state index in [4.69, 9.17) is 13.9 Å². The molecule has 0 spiro atoms. The summed E-state index contributed by atoms with van der Waals surface area (Å²) >= 11 is 0. The third-order valence-corrected chi connectivity index (χ3v) is 5.26. The molecule has 156 valence electrons. The summed E-state index contributed by atoms with van der Waals surface area (Å²) < 4.78 is 16.0. The van der Waals surface area contributed by atoms with Gasteiger partial charge in [0.25, 0.3) is 0 Å². The first-order valence-electron chi connectivity index (χ1n) is 9.80. The second-order valence-corrected chi connectivity index (χ2v) is 7.23. The van der Waals surface area contributed by atoms with Crippen molar-refractivity contribution in [2.75, 3.05) is 27.3 Å². The van der Waals surface area contributed by atoms with Crippen molar-refractivity contribution in [3.8, 4) is 11.5 Å². The lowest BCUT2D eigenvalue weighted by Crippen LogP contribution is -2.29. The minimum Gasteiger partial charge on any atom is -0.502 e. The highest BCUT2D eigenvalue weighted by molar-refractivity contribution is 5.71. The van der Waals surface area contributed by atoms with Crippen LogP contribution in [0.3, 0.4) is 0 Å². The van der Waals surface area contributed by atoms with E-state index in [0.29, 0.717) is 23.6 Å². The molecule has 1 saturated heterocycles. The Kier molecular flexibility index (Phi) is 6.93. The average molecular weight is 401 g/mol. The molecule has 0 bridgehead atoms. The van der Waals surface area contributed by atoms with Crippen LogP contribution in [0, 0.1) is 0 Å². The standard InChI is InChI=1S/C22H27NO6/c1-27-16-8-6-15(7-9-16)18(13-20(25)28-2)22-21(26)19(24)12-17(29-22)14-23-10-4-3-5-11-23/h6-9,12,18,26H,3-5,10-11,13-14H2,1-2H3. The van der Waals surface area contributed by atoms with Gasteiger partial charge >= 0.3 is 5.97 Å². The maximum absolute atomic E-state index is 12.4. The summed E-state index contributed by atoms with van der Waals surface area (Å²) in [6.07, 6.45) is 3.38. The number of rotatable bonds is 7. The summed E-state index contributed by atoms with van der Waals surface area (Å²) in [5.41, 5.74) is 0.200. The van der Waals surface area contributed by atoms with E-state index in [-0.39, 0.29) is 12.2 Å². The van der Waals surface area contributed by atoms with Gasteiger partial charge < -0.3 is 19.0 Å². The molecule has 1 aromatic heterocycles. The largest absolute Gasteiger partial charge is 0.502 e. The number of carbonyl (C=O) groups is 1. The minimum atomic E-state index is -0.651.